The van der Waals surface area contributed by atoms with Crippen LogP contribution in [0.4, 0.5) is 13.2 Å². The molecule has 1 saturated heterocycles. The van der Waals surface area contributed by atoms with Gasteiger partial charge in [0.1, 0.15) is 0 Å². The summed E-state index contributed by atoms with van der Waals surface area (Å²) >= 11 is 0. The lowest BCUT2D eigenvalue weighted by Gasteiger charge is -2.35. The van der Waals surface area contributed by atoms with E-state index >= 15 is 0 Å². The van der Waals surface area contributed by atoms with Crippen LogP contribution in [-0.2, 0) is 24.0 Å². The molecule has 1 heterocycles. The van der Waals surface area contributed by atoms with Crippen molar-refractivity contribution in [3.63, 3.8) is 0 Å². The van der Waals surface area contributed by atoms with Gasteiger partial charge in [-0.3, -0.25) is 9.69 Å². The van der Waals surface area contributed by atoms with Gasteiger partial charge in [0, 0.05) is 26.2 Å². The number of nitrogens with one attached hydrogen (secondary N) is 1. The number of alkyl halides is 3. The first kappa shape index (κ1) is 21.3. The summed E-state index contributed by atoms with van der Waals surface area (Å²) in [6.07, 6.45) is -4.29. The van der Waals surface area contributed by atoms with Gasteiger partial charge in [-0.25, -0.2) is 0 Å². The van der Waals surface area contributed by atoms with Crippen molar-refractivity contribution < 1.29 is 22.7 Å². The smallest absolute Gasteiger partial charge is 0.373 e. The zero-order valence-electron chi connectivity index (χ0n) is 16.5. The van der Waals surface area contributed by atoms with E-state index in [2.05, 4.69) is 10.2 Å². The highest BCUT2D eigenvalue weighted by atomic mass is 19.4. The molecule has 7 heteroatoms. The molecule has 4 nitrogen and oxygen atoms in total. The Morgan fingerprint density at radius 3 is 2.28 bits per heavy atom. The second-order valence-corrected chi connectivity index (χ2v) is 7.45. The molecular formula is C22H25F3N2O2. The van der Waals surface area contributed by atoms with Crippen LogP contribution >= 0.6 is 0 Å². The predicted molar refractivity (Wildman–Crippen MR) is 104 cm³/mol. The van der Waals surface area contributed by atoms with Gasteiger partial charge in [0.25, 0.3) is 5.91 Å². The standard InChI is InChI=1S/C22H25F3N2O2/c1-15-12-27(13-16(2)29-15)14-18-8-4-3-7-17(18)11-26-21(28)19-9-5-6-10-20(19)22(23,24)25/h3-10,15-16H,11-14H2,1-2H3,(H,26,28)/t15-,16-/m0/s1. The van der Waals surface area contributed by atoms with Gasteiger partial charge in [0.2, 0.25) is 0 Å². The predicted octanol–water partition coefficient (Wildman–Crippen LogP) is 4.24. The van der Waals surface area contributed by atoms with E-state index in [4.69, 9.17) is 4.74 Å². The van der Waals surface area contributed by atoms with E-state index in [0.717, 1.165) is 30.3 Å². The normalized spacial score (nSPS) is 20.4. The highest BCUT2D eigenvalue weighted by Gasteiger charge is 2.34. The molecule has 29 heavy (non-hydrogen) atoms. The zero-order valence-corrected chi connectivity index (χ0v) is 16.5. The maximum absolute atomic E-state index is 13.2. The third-order valence-electron chi connectivity index (χ3n) is 4.92. The number of rotatable bonds is 5. The van der Waals surface area contributed by atoms with Crippen molar-refractivity contribution in [3.05, 3.63) is 70.8 Å². The van der Waals surface area contributed by atoms with Crippen molar-refractivity contribution in [2.24, 2.45) is 0 Å². The van der Waals surface area contributed by atoms with E-state index in [-0.39, 0.29) is 24.3 Å². The van der Waals surface area contributed by atoms with Crippen LogP contribution in [-0.4, -0.2) is 36.1 Å². The number of amides is 1. The number of carbonyl (C=O) groups excluding carboxylic acids is 1. The van der Waals surface area contributed by atoms with Gasteiger partial charge in [0.15, 0.2) is 0 Å². The van der Waals surface area contributed by atoms with Crippen molar-refractivity contribution in [2.45, 2.75) is 45.3 Å². The minimum Gasteiger partial charge on any atom is -0.373 e. The van der Waals surface area contributed by atoms with Crippen LogP contribution in [0.15, 0.2) is 48.5 Å². The molecule has 0 saturated carbocycles. The summed E-state index contributed by atoms with van der Waals surface area (Å²) in [7, 11) is 0. The van der Waals surface area contributed by atoms with Crippen LogP contribution in [0, 0.1) is 0 Å². The molecule has 0 spiro atoms. The van der Waals surface area contributed by atoms with Gasteiger partial charge in [-0.2, -0.15) is 13.2 Å². The maximum Gasteiger partial charge on any atom is 0.417 e. The Bertz CT molecular complexity index is 844. The van der Waals surface area contributed by atoms with Gasteiger partial charge < -0.3 is 10.1 Å². The van der Waals surface area contributed by atoms with Crippen molar-refractivity contribution in [3.8, 4) is 0 Å². The number of nitrogens with zero attached hydrogens (tertiary/aromatic N) is 1. The lowest BCUT2D eigenvalue weighted by atomic mass is 10.0. The molecule has 0 bridgehead atoms. The summed E-state index contributed by atoms with van der Waals surface area (Å²) in [5.74, 6) is -0.735. The monoisotopic (exact) mass is 406 g/mol. The average Bonchev–Trinajstić information content (AvgIpc) is 2.65. The number of halogens is 3. The Morgan fingerprint density at radius 2 is 1.62 bits per heavy atom. The minimum atomic E-state index is -4.57. The number of ether oxygens (including phenoxy) is 1. The Balaban J connectivity index is 1.70. The fourth-order valence-corrected chi connectivity index (χ4v) is 3.74. The molecule has 0 aliphatic carbocycles. The fourth-order valence-electron chi connectivity index (χ4n) is 3.74. The second kappa shape index (κ2) is 8.97. The summed E-state index contributed by atoms with van der Waals surface area (Å²) in [5.41, 5.74) is 0.630. The number of hydrogen-bond acceptors (Lipinski definition) is 3. The van der Waals surface area contributed by atoms with E-state index in [9.17, 15) is 18.0 Å². The van der Waals surface area contributed by atoms with Crippen molar-refractivity contribution in [2.75, 3.05) is 13.1 Å². The molecule has 156 valence electrons. The quantitative estimate of drug-likeness (QED) is 0.808. The molecule has 1 aliphatic rings. The van der Waals surface area contributed by atoms with Gasteiger partial charge in [-0.05, 0) is 37.1 Å². The lowest BCUT2D eigenvalue weighted by Crippen LogP contribution is -2.45. The van der Waals surface area contributed by atoms with Crippen LogP contribution in [0.5, 0.6) is 0 Å². The molecule has 1 amide bonds. The first-order valence-corrected chi connectivity index (χ1v) is 9.63. The summed E-state index contributed by atoms with van der Waals surface area (Å²) < 4.78 is 45.3. The fraction of sp³-hybridized carbons (Fsp3) is 0.409. The molecule has 2 aromatic rings. The Kier molecular flexibility index (Phi) is 6.59. The summed E-state index contributed by atoms with van der Waals surface area (Å²) in [5, 5.41) is 2.64. The van der Waals surface area contributed by atoms with Crippen LogP contribution in [0.3, 0.4) is 0 Å². The van der Waals surface area contributed by atoms with Crippen LogP contribution in [0.1, 0.15) is 40.9 Å². The van der Waals surface area contributed by atoms with E-state index in [1.807, 2.05) is 38.1 Å². The Hall–Kier alpha value is -2.38. The van der Waals surface area contributed by atoms with Crippen LogP contribution < -0.4 is 5.32 Å². The van der Waals surface area contributed by atoms with Gasteiger partial charge in [0.05, 0.1) is 23.3 Å². The average molecular weight is 406 g/mol. The van der Waals surface area contributed by atoms with E-state index in [1.54, 1.807) is 0 Å². The van der Waals surface area contributed by atoms with E-state index in [1.165, 1.54) is 18.2 Å². The third-order valence-corrected chi connectivity index (χ3v) is 4.92. The minimum absolute atomic E-state index is 0.143. The summed E-state index contributed by atoms with van der Waals surface area (Å²) in [4.78, 5) is 14.7. The zero-order chi connectivity index (χ0) is 21.0. The first-order valence-electron chi connectivity index (χ1n) is 9.63. The molecule has 0 aromatic heterocycles. The highest BCUT2D eigenvalue weighted by molar-refractivity contribution is 5.95. The van der Waals surface area contributed by atoms with Crippen LogP contribution in [0.25, 0.3) is 0 Å². The van der Waals surface area contributed by atoms with E-state index < -0.39 is 17.6 Å². The second-order valence-electron chi connectivity index (χ2n) is 7.45. The molecular weight excluding hydrogens is 381 g/mol. The van der Waals surface area contributed by atoms with Crippen molar-refractivity contribution >= 4 is 5.91 Å². The molecule has 3 rings (SSSR count). The number of benzene rings is 2. The topological polar surface area (TPSA) is 41.6 Å². The SMILES string of the molecule is C[C@H]1CN(Cc2ccccc2CNC(=O)c2ccccc2C(F)(F)F)C[C@H](C)O1. The lowest BCUT2D eigenvalue weighted by molar-refractivity contribution is -0.137. The van der Waals surface area contributed by atoms with Gasteiger partial charge >= 0.3 is 6.18 Å². The molecule has 1 aliphatic heterocycles. The van der Waals surface area contributed by atoms with E-state index in [0.29, 0.717) is 6.54 Å². The number of morpholine rings is 1. The third kappa shape index (κ3) is 5.58. The van der Waals surface area contributed by atoms with Crippen LogP contribution in [0.2, 0.25) is 0 Å². The van der Waals surface area contributed by atoms with Crippen molar-refractivity contribution in [1.29, 1.82) is 0 Å². The molecule has 1 N–H and O–H groups in total. The number of carbonyl (C=O) groups is 1. The van der Waals surface area contributed by atoms with Crippen molar-refractivity contribution in [1.82, 2.24) is 10.2 Å². The molecule has 2 atom stereocenters. The maximum atomic E-state index is 13.2. The summed E-state index contributed by atoms with van der Waals surface area (Å²) in [6, 6.07) is 12.5. The molecule has 2 aromatic carbocycles. The Labute approximate surface area is 168 Å². The summed E-state index contributed by atoms with van der Waals surface area (Å²) in [6.45, 7) is 6.55. The molecule has 0 unspecified atom stereocenters. The first-order chi connectivity index (χ1) is 13.7. The highest BCUT2D eigenvalue weighted by Crippen LogP contribution is 2.31. The molecule has 0 radical (unpaired) electrons. The molecule has 1 fully saturated rings. The largest absolute Gasteiger partial charge is 0.417 e. The number of hydrogen-bond donors (Lipinski definition) is 1. The van der Waals surface area contributed by atoms with Gasteiger partial charge in [-0.1, -0.05) is 36.4 Å². The Morgan fingerprint density at radius 1 is 1.03 bits per heavy atom. The van der Waals surface area contributed by atoms with Gasteiger partial charge in [-0.15, -0.1) is 0 Å².